The number of imidazole rings is 1. The molecule has 2 rings (SSSR count). The maximum Gasteiger partial charge on any atom is 0.191 e. The fraction of sp³-hybridized carbons (Fsp3) is 0.529. The van der Waals surface area contributed by atoms with Crippen molar-refractivity contribution >= 4 is 5.96 Å². The third-order valence-corrected chi connectivity index (χ3v) is 3.70. The minimum atomic E-state index is 0.699. The van der Waals surface area contributed by atoms with Crippen LogP contribution in [0, 0.1) is 6.92 Å². The average molecular weight is 316 g/mol. The number of guanidine groups is 1. The van der Waals surface area contributed by atoms with Gasteiger partial charge in [-0.2, -0.15) is 0 Å². The molecule has 0 unspecified atom stereocenters. The summed E-state index contributed by atoms with van der Waals surface area (Å²) in [6, 6.07) is 2.10. The van der Waals surface area contributed by atoms with Crippen molar-refractivity contribution < 1.29 is 0 Å². The molecular weight excluding hydrogens is 288 g/mol. The highest BCUT2D eigenvalue weighted by molar-refractivity contribution is 5.79. The first-order chi connectivity index (χ1) is 11.2. The number of rotatable bonds is 8. The van der Waals surface area contributed by atoms with Crippen LogP contribution in [0.2, 0.25) is 0 Å². The number of aryl methyl sites for hydroxylation is 3. The summed E-state index contributed by atoms with van der Waals surface area (Å²) in [6.45, 7) is 7.64. The number of hydrogen-bond donors (Lipinski definition) is 2. The Labute approximate surface area is 138 Å². The minimum Gasteiger partial charge on any atom is -0.357 e. The maximum atomic E-state index is 4.62. The fourth-order valence-corrected chi connectivity index (χ4v) is 2.42. The summed E-state index contributed by atoms with van der Waals surface area (Å²) in [6.07, 6.45) is 10.3. The lowest BCUT2D eigenvalue weighted by Crippen LogP contribution is -2.37. The second kappa shape index (κ2) is 9.02. The van der Waals surface area contributed by atoms with Crippen LogP contribution < -0.4 is 10.6 Å². The van der Waals surface area contributed by atoms with Gasteiger partial charge in [0.05, 0.1) is 6.54 Å². The highest BCUT2D eigenvalue weighted by Crippen LogP contribution is 2.01. The van der Waals surface area contributed by atoms with Crippen molar-refractivity contribution in [2.45, 2.75) is 39.8 Å². The summed E-state index contributed by atoms with van der Waals surface area (Å²) < 4.78 is 4.23. The van der Waals surface area contributed by atoms with E-state index < -0.39 is 0 Å². The molecule has 0 amide bonds. The van der Waals surface area contributed by atoms with Crippen molar-refractivity contribution in [3.8, 4) is 0 Å². The van der Waals surface area contributed by atoms with Gasteiger partial charge in [0.25, 0.3) is 0 Å². The summed E-state index contributed by atoms with van der Waals surface area (Å²) in [5.41, 5.74) is 1.22. The smallest absolute Gasteiger partial charge is 0.191 e. The molecule has 0 aliphatic rings. The third kappa shape index (κ3) is 5.81. The van der Waals surface area contributed by atoms with E-state index in [1.165, 1.54) is 5.56 Å². The van der Waals surface area contributed by atoms with Crippen LogP contribution in [0.5, 0.6) is 0 Å². The van der Waals surface area contributed by atoms with Gasteiger partial charge in [-0.25, -0.2) is 9.98 Å². The summed E-state index contributed by atoms with van der Waals surface area (Å²) in [5.74, 6) is 1.96. The van der Waals surface area contributed by atoms with E-state index in [9.17, 15) is 0 Å². The monoisotopic (exact) mass is 316 g/mol. The van der Waals surface area contributed by atoms with Crippen LogP contribution in [0.3, 0.4) is 0 Å². The Hall–Kier alpha value is -2.24. The van der Waals surface area contributed by atoms with E-state index >= 15 is 0 Å². The van der Waals surface area contributed by atoms with Crippen LogP contribution >= 0.6 is 0 Å². The summed E-state index contributed by atoms with van der Waals surface area (Å²) in [5, 5.41) is 6.69. The average Bonchev–Trinajstić information content (AvgIpc) is 3.13. The lowest BCUT2D eigenvalue weighted by atomic mass is 10.3. The fourth-order valence-electron chi connectivity index (χ4n) is 2.42. The quantitative estimate of drug-likeness (QED) is 0.445. The molecule has 6 heteroatoms. The Bertz CT molecular complexity index is 610. The number of nitrogens with one attached hydrogen (secondary N) is 2. The SMILES string of the molecule is CCNC(=NCc1ccn(C)c1)NCCCCn1ccnc1C. The molecule has 2 N–H and O–H groups in total. The molecular formula is C17H28N6. The normalized spacial score (nSPS) is 11.7. The van der Waals surface area contributed by atoms with E-state index in [1.807, 2.05) is 37.1 Å². The van der Waals surface area contributed by atoms with E-state index in [0.717, 1.165) is 44.3 Å². The molecule has 0 spiro atoms. The van der Waals surface area contributed by atoms with Gasteiger partial charge in [0, 0.05) is 51.5 Å². The lowest BCUT2D eigenvalue weighted by Gasteiger charge is -2.11. The van der Waals surface area contributed by atoms with Crippen LogP contribution in [-0.2, 0) is 20.1 Å². The predicted molar refractivity (Wildman–Crippen MR) is 94.4 cm³/mol. The van der Waals surface area contributed by atoms with Gasteiger partial charge in [-0.05, 0) is 38.3 Å². The van der Waals surface area contributed by atoms with E-state index in [4.69, 9.17) is 0 Å². The third-order valence-electron chi connectivity index (χ3n) is 3.70. The van der Waals surface area contributed by atoms with Crippen LogP contribution in [0.25, 0.3) is 0 Å². The van der Waals surface area contributed by atoms with Crippen LogP contribution in [0.4, 0.5) is 0 Å². The molecule has 126 valence electrons. The molecule has 0 fully saturated rings. The van der Waals surface area contributed by atoms with Crippen LogP contribution in [0.15, 0.2) is 35.8 Å². The van der Waals surface area contributed by atoms with E-state index in [1.54, 1.807) is 0 Å². The first-order valence-electron chi connectivity index (χ1n) is 8.30. The van der Waals surface area contributed by atoms with Gasteiger partial charge in [0.2, 0.25) is 0 Å². The minimum absolute atomic E-state index is 0.699. The largest absolute Gasteiger partial charge is 0.357 e. The molecule has 0 saturated carbocycles. The second-order valence-corrected chi connectivity index (χ2v) is 5.68. The van der Waals surface area contributed by atoms with E-state index in [2.05, 4.69) is 44.4 Å². The Kier molecular flexibility index (Phi) is 6.72. The van der Waals surface area contributed by atoms with Crippen molar-refractivity contribution in [2.75, 3.05) is 13.1 Å². The number of hydrogen-bond acceptors (Lipinski definition) is 2. The molecule has 0 radical (unpaired) electrons. The van der Waals surface area contributed by atoms with Crippen LogP contribution in [0.1, 0.15) is 31.2 Å². The number of aromatic nitrogens is 3. The van der Waals surface area contributed by atoms with Crippen LogP contribution in [-0.4, -0.2) is 33.2 Å². The molecule has 0 bridgehead atoms. The molecule has 2 aromatic rings. The number of aliphatic imine (C=N–C) groups is 1. The van der Waals surface area contributed by atoms with Crippen molar-refractivity contribution in [3.63, 3.8) is 0 Å². The highest BCUT2D eigenvalue weighted by atomic mass is 15.2. The second-order valence-electron chi connectivity index (χ2n) is 5.68. The molecule has 2 aromatic heterocycles. The standard InChI is InChI=1S/C17H28N6/c1-4-18-17(21-13-16-7-11-22(3)14-16)20-8-5-6-10-23-12-9-19-15(23)2/h7,9,11-12,14H,4-6,8,10,13H2,1-3H3,(H2,18,20,21). The first kappa shape index (κ1) is 17.1. The topological polar surface area (TPSA) is 59.2 Å². The zero-order valence-electron chi connectivity index (χ0n) is 14.4. The van der Waals surface area contributed by atoms with Gasteiger partial charge in [-0.3, -0.25) is 0 Å². The molecule has 0 aromatic carbocycles. The van der Waals surface area contributed by atoms with Gasteiger partial charge in [-0.1, -0.05) is 0 Å². The molecule has 2 heterocycles. The molecule has 0 aliphatic heterocycles. The van der Waals surface area contributed by atoms with E-state index in [0.29, 0.717) is 6.54 Å². The summed E-state index contributed by atoms with van der Waals surface area (Å²) in [7, 11) is 2.03. The molecule has 0 atom stereocenters. The molecule has 23 heavy (non-hydrogen) atoms. The zero-order valence-corrected chi connectivity index (χ0v) is 14.4. The Morgan fingerprint density at radius 1 is 1.26 bits per heavy atom. The zero-order chi connectivity index (χ0) is 16.5. The summed E-state index contributed by atoms with van der Waals surface area (Å²) >= 11 is 0. The van der Waals surface area contributed by atoms with Gasteiger partial charge < -0.3 is 19.8 Å². The first-order valence-corrected chi connectivity index (χ1v) is 8.30. The lowest BCUT2D eigenvalue weighted by molar-refractivity contribution is 0.588. The van der Waals surface area contributed by atoms with Crippen molar-refractivity contribution in [2.24, 2.45) is 12.0 Å². The van der Waals surface area contributed by atoms with E-state index in [-0.39, 0.29) is 0 Å². The van der Waals surface area contributed by atoms with Gasteiger partial charge >= 0.3 is 0 Å². The number of unbranched alkanes of at least 4 members (excludes halogenated alkanes) is 1. The van der Waals surface area contributed by atoms with Gasteiger partial charge in [0.1, 0.15) is 5.82 Å². The molecule has 6 nitrogen and oxygen atoms in total. The van der Waals surface area contributed by atoms with Crippen molar-refractivity contribution in [1.82, 2.24) is 24.8 Å². The molecule has 0 saturated heterocycles. The summed E-state index contributed by atoms with van der Waals surface area (Å²) in [4.78, 5) is 8.86. The maximum absolute atomic E-state index is 4.62. The Morgan fingerprint density at radius 2 is 2.13 bits per heavy atom. The Balaban J connectivity index is 1.70. The number of nitrogens with zero attached hydrogens (tertiary/aromatic N) is 4. The Morgan fingerprint density at radius 3 is 2.78 bits per heavy atom. The molecule has 0 aliphatic carbocycles. The van der Waals surface area contributed by atoms with Crippen molar-refractivity contribution in [1.29, 1.82) is 0 Å². The van der Waals surface area contributed by atoms with Crippen molar-refractivity contribution in [3.05, 3.63) is 42.2 Å². The van der Waals surface area contributed by atoms with Gasteiger partial charge in [0.15, 0.2) is 5.96 Å². The highest BCUT2D eigenvalue weighted by Gasteiger charge is 1.99. The predicted octanol–water partition coefficient (Wildman–Crippen LogP) is 2.07. The van der Waals surface area contributed by atoms with Gasteiger partial charge in [-0.15, -0.1) is 0 Å².